The van der Waals surface area contributed by atoms with Crippen LogP contribution in [0.4, 0.5) is 11.4 Å². The fourth-order valence-electron chi connectivity index (χ4n) is 2.70. The van der Waals surface area contributed by atoms with Crippen molar-refractivity contribution in [2.24, 2.45) is 0 Å². The standard InChI is InChI=1S/C17H20N4O/c1-4-21(5-2)11-6-7-14-15(8-11)22-17-10(3)12(18)9-13(19)16(17)20-14/h6-9,18H,4-5,19H2,1-3H3. The first-order valence-corrected chi connectivity index (χ1v) is 7.48. The van der Waals surface area contributed by atoms with E-state index in [2.05, 4.69) is 23.7 Å². The van der Waals surface area contributed by atoms with Crippen LogP contribution in [0.5, 0.6) is 0 Å². The van der Waals surface area contributed by atoms with Crippen molar-refractivity contribution in [3.63, 3.8) is 0 Å². The van der Waals surface area contributed by atoms with Gasteiger partial charge in [0.2, 0.25) is 0 Å². The molecule has 114 valence electrons. The number of fused-ring (bicyclic) bond motifs is 2. The first kappa shape index (κ1) is 14.4. The average Bonchev–Trinajstić information content (AvgIpc) is 2.52. The summed E-state index contributed by atoms with van der Waals surface area (Å²) in [5.41, 5.74) is 10.4. The van der Waals surface area contributed by atoms with Gasteiger partial charge in [-0.15, -0.1) is 0 Å². The Bertz CT molecular complexity index is 865. The summed E-state index contributed by atoms with van der Waals surface area (Å²) in [6, 6.07) is 7.62. The van der Waals surface area contributed by atoms with Crippen LogP contribution in [0.1, 0.15) is 19.4 Å². The van der Waals surface area contributed by atoms with E-state index in [0.29, 0.717) is 28.1 Å². The third-order valence-electron chi connectivity index (χ3n) is 4.05. The molecule has 0 saturated heterocycles. The van der Waals surface area contributed by atoms with Gasteiger partial charge in [0.25, 0.3) is 0 Å². The van der Waals surface area contributed by atoms with Crippen LogP contribution in [-0.4, -0.2) is 18.1 Å². The van der Waals surface area contributed by atoms with Crippen molar-refractivity contribution in [2.45, 2.75) is 20.8 Å². The lowest BCUT2D eigenvalue weighted by atomic mass is 10.1. The van der Waals surface area contributed by atoms with Gasteiger partial charge in [0.15, 0.2) is 11.3 Å². The summed E-state index contributed by atoms with van der Waals surface area (Å²) in [5, 5.41) is 8.31. The van der Waals surface area contributed by atoms with E-state index < -0.39 is 0 Å². The zero-order valence-corrected chi connectivity index (χ0v) is 13.1. The predicted octanol–water partition coefficient (Wildman–Crippen LogP) is 3.15. The Morgan fingerprint density at radius 2 is 1.95 bits per heavy atom. The van der Waals surface area contributed by atoms with Crippen molar-refractivity contribution in [3.05, 3.63) is 35.2 Å². The van der Waals surface area contributed by atoms with Crippen LogP contribution in [0.2, 0.25) is 0 Å². The van der Waals surface area contributed by atoms with E-state index >= 15 is 0 Å². The Hall–Kier alpha value is -2.56. The zero-order valence-electron chi connectivity index (χ0n) is 13.1. The molecule has 3 N–H and O–H groups in total. The van der Waals surface area contributed by atoms with E-state index in [9.17, 15) is 0 Å². The Morgan fingerprint density at radius 3 is 2.64 bits per heavy atom. The maximum atomic E-state index is 7.94. The van der Waals surface area contributed by atoms with Crippen molar-refractivity contribution in [1.29, 1.82) is 5.41 Å². The van der Waals surface area contributed by atoms with Crippen molar-refractivity contribution in [1.82, 2.24) is 4.98 Å². The zero-order chi connectivity index (χ0) is 15.9. The molecule has 3 rings (SSSR count). The van der Waals surface area contributed by atoms with Crippen molar-refractivity contribution < 1.29 is 4.42 Å². The summed E-state index contributed by atoms with van der Waals surface area (Å²) < 4.78 is 6.03. The molecule has 0 aromatic heterocycles. The number of hydrogen-bond donors (Lipinski definition) is 2. The molecule has 1 aromatic rings. The van der Waals surface area contributed by atoms with E-state index in [1.165, 1.54) is 0 Å². The second kappa shape index (κ2) is 5.33. The predicted molar refractivity (Wildman–Crippen MR) is 89.2 cm³/mol. The van der Waals surface area contributed by atoms with Gasteiger partial charge in [-0.3, -0.25) is 0 Å². The molecule has 5 nitrogen and oxygen atoms in total. The van der Waals surface area contributed by atoms with E-state index in [-0.39, 0.29) is 0 Å². The van der Waals surface area contributed by atoms with Crippen LogP contribution in [0, 0.1) is 12.3 Å². The Morgan fingerprint density at radius 1 is 1.23 bits per heavy atom. The van der Waals surface area contributed by atoms with Crippen LogP contribution >= 0.6 is 0 Å². The topological polar surface area (TPSA) is 79.1 Å². The molecule has 22 heavy (non-hydrogen) atoms. The summed E-state index contributed by atoms with van der Waals surface area (Å²) in [6.45, 7) is 7.98. The molecule has 0 unspecified atom stereocenters. The molecule has 1 aromatic carbocycles. The summed E-state index contributed by atoms with van der Waals surface area (Å²) >= 11 is 0. The van der Waals surface area contributed by atoms with E-state index in [1.807, 2.05) is 25.1 Å². The summed E-state index contributed by atoms with van der Waals surface area (Å²) in [4.78, 5) is 6.86. The van der Waals surface area contributed by atoms with Crippen LogP contribution in [0.15, 0.2) is 28.7 Å². The fourth-order valence-corrected chi connectivity index (χ4v) is 2.70. The minimum Gasteiger partial charge on any atom is -0.452 e. The maximum Gasteiger partial charge on any atom is 0.160 e. The Kier molecular flexibility index (Phi) is 3.48. The molecule has 0 atom stereocenters. The molecule has 1 heterocycles. The molecule has 1 aliphatic heterocycles. The molecule has 0 amide bonds. The third-order valence-corrected chi connectivity index (χ3v) is 4.05. The quantitative estimate of drug-likeness (QED) is 0.575. The maximum absolute atomic E-state index is 7.94. The van der Waals surface area contributed by atoms with Gasteiger partial charge in [0.05, 0.1) is 11.0 Å². The minimum absolute atomic E-state index is 0.370. The highest BCUT2D eigenvalue weighted by atomic mass is 16.3. The number of benzene rings is 2. The van der Waals surface area contributed by atoms with Gasteiger partial charge in [-0.05, 0) is 39.0 Å². The lowest BCUT2D eigenvalue weighted by molar-refractivity contribution is 0.607. The minimum atomic E-state index is 0.370. The number of aromatic nitrogens is 1. The molecule has 1 aliphatic carbocycles. The summed E-state index contributed by atoms with van der Waals surface area (Å²) in [5.74, 6) is 0.592. The number of rotatable bonds is 3. The number of anilines is 2. The van der Waals surface area contributed by atoms with Gasteiger partial charge in [-0.2, -0.15) is 0 Å². The van der Waals surface area contributed by atoms with E-state index in [4.69, 9.17) is 15.6 Å². The second-order valence-corrected chi connectivity index (χ2v) is 5.35. The number of nitrogens with two attached hydrogens (primary N) is 1. The first-order valence-electron chi connectivity index (χ1n) is 7.48. The molecule has 2 aliphatic rings. The van der Waals surface area contributed by atoms with Gasteiger partial charge < -0.3 is 20.5 Å². The van der Waals surface area contributed by atoms with Gasteiger partial charge in [-0.1, -0.05) is 0 Å². The third kappa shape index (κ3) is 2.19. The second-order valence-electron chi connectivity index (χ2n) is 5.35. The Labute approximate surface area is 129 Å². The largest absolute Gasteiger partial charge is 0.452 e. The monoisotopic (exact) mass is 296 g/mol. The summed E-state index contributed by atoms with van der Waals surface area (Å²) in [7, 11) is 0. The van der Waals surface area contributed by atoms with Gasteiger partial charge in [0.1, 0.15) is 11.2 Å². The van der Waals surface area contributed by atoms with Crippen LogP contribution < -0.4 is 16.0 Å². The first-order chi connectivity index (χ1) is 10.5. The number of nitrogens with zero attached hydrogens (tertiary/aromatic N) is 2. The lowest BCUT2D eigenvalue weighted by Crippen LogP contribution is -2.21. The van der Waals surface area contributed by atoms with Gasteiger partial charge in [0, 0.05) is 30.4 Å². The Balaban J connectivity index is 2.30. The normalized spacial score (nSPS) is 11.2. The van der Waals surface area contributed by atoms with Crippen molar-refractivity contribution in [2.75, 3.05) is 23.7 Å². The van der Waals surface area contributed by atoms with Gasteiger partial charge >= 0.3 is 0 Å². The molecule has 0 saturated carbocycles. The van der Waals surface area contributed by atoms with E-state index in [1.54, 1.807) is 6.07 Å². The van der Waals surface area contributed by atoms with Crippen molar-refractivity contribution in [3.8, 4) is 11.5 Å². The van der Waals surface area contributed by atoms with E-state index in [0.717, 1.165) is 29.9 Å². The fraction of sp³-hybridized carbons (Fsp3) is 0.294. The lowest BCUT2D eigenvalue weighted by Gasteiger charge is -2.21. The molecule has 0 spiro atoms. The molecular formula is C17H20N4O. The smallest absolute Gasteiger partial charge is 0.160 e. The molecular weight excluding hydrogens is 276 g/mol. The van der Waals surface area contributed by atoms with Gasteiger partial charge in [-0.25, -0.2) is 4.98 Å². The van der Waals surface area contributed by atoms with Crippen LogP contribution in [-0.2, 0) is 0 Å². The molecule has 5 heteroatoms. The average molecular weight is 296 g/mol. The summed E-state index contributed by atoms with van der Waals surface area (Å²) in [6.07, 6.45) is 0. The highest BCUT2D eigenvalue weighted by Crippen LogP contribution is 2.32. The number of nitrogen functional groups attached to an aromatic ring is 1. The molecule has 0 radical (unpaired) electrons. The number of hydrogen-bond acceptors (Lipinski definition) is 5. The highest BCUT2D eigenvalue weighted by molar-refractivity contribution is 5.83. The molecule has 0 fully saturated rings. The van der Waals surface area contributed by atoms with Crippen molar-refractivity contribution >= 4 is 22.5 Å². The number of nitrogens with one attached hydrogen (secondary N) is 1. The SMILES string of the molecule is CCN(CC)c1ccc2nc3c(N)cc(=N)c(C)c-3oc2c1. The molecule has 0 bridgehead atoms. The van der Waals surface area contributed by atoms with Crippen LogP contribution in [0.3, 0.4) is 0 Å². The highest BCUT2D eigenvalue weighted by Gasteiger charge is 2.17. The van der Waals surface area contributed by atoms with Crippen LogP contribution in [0.25, 0.3) is 22.6 Å².